The molecule has 1 aromatic heterocycles. The molecule has 0 N–H and O–H groups in total. The lowest BCUT2D eigenvalue weighted by molar-refractivity contribution is 0.0611. The van der Waals surface area contributed by atoms with E-state index in [9.17, 15) is 14.4 Å². The molecule has 5 heteroatoms. The van der Waals surface area contributed by atoms with Crippen molar-refractivity contribution in [1.29, 1.82) is 0 Å². The van der Waals surface area contributed by atoms with E-state index in [1.54, 1.807) is 29.2 Å². The van der Waals surface area contributed by atoms with Crippen LogP contribution in [-0.4, -0.2) is 29.7 Å². The van der Waals surface area contributed by atoms with Crippen LogP contribution in [-0.2, 0) is 0 Å². The molecule has 3 aromatic carbocycles. The maximum atomic E-state index is 13.3. The highest BCUT2D eigenvalue weighted by Gasteiger charge is 2.31. The Labute approximate surface area is 178 Å². The van der Waals surface area contributed by atoms with Crippen molar-refractivity contribution in [2.24, 2.45) is 5.92 Å². The lowest BCUT2D eigenvalue weighted by Gasteiger charge is -2.31. The molecule has 5 rings (SSSR count). The van der Waals surface area contributed by atoms with Gasteiger partial charge in [-0.3, -0.25) is 14.4 Å². The second kappa shape index (κ2) is 7.84. The van der Waals surface area contributed by atoms with Crippen LogP contribution in [0.5, 0.6) is 0 Å². The number of fused-ring (bicyclic) bond motifs is 2. The molecule has 1 saturated heterocycles. The number of rotatable bonds is 3. The number of para-hydroxylation sites is 1. The van der Waals surface area contributed by atoms with Crippen molar-refractivity contribution in [2.75, 3.05) is 13.1 Å². The molecule has 0 bridgehead atoms. The van der Waals surface area contributed by atoms with E-state index in [0.29, 0.717) is 29.6 Å². The number of amides is 1. The van der Waals surface area contributed by atoms with Gasteiger partial charge in [0.15, 0.2) is 17.0 Å². The van der Waals surface area contributed by atoms with E-state index in [1.807, 2.05) is 42.5 Å². The fraction of sp³-hybridized carbons (Fsp3) is 0.192. The molecule has 1 atom stereocenters. The number of hydrogen-bond acceptors (Lipinski definition) is 4. The normalized spacial score (nSPS) is 16.5. The average molecular weight is 411 g/mol. The van der Waals surface area contributed by atoms with Crippen molar-refractivity contribution < 1.29 is 14.0 Å². The minimum atomic E-state index is -0.349. The van der Waals surface area contributed by atoms with E-state index < -0.39 is 0 Å². The Morgan fingerprint density at radius 3 is 2.52 bits per heavy atom. The molecule has 1 aliphatic heterocycles. The molecule has 5 nitrogen and oxygen atoms in total. The average Bonchev–Trinajstić information content (AvgIpc) is 2.83. The van der Waals surface area contributed by atoms with Gasteiger partial charge in [-0.25, -0.2) is 0 Å². The zero-order chi connectivity index (χ0) is 21.4. The molecule has 0 aliphatic carbocycles. The summed E-state index contributed by atoms with van der Waals surface area (Å²) in [6.45, 7) is 0.853. The Kier molecular flexibility index (Phi) is 4.86. The number of likely N-dealkylation sites (tertiary alicyclic amines) is 1. The lowest BCUT2D eigenvalue weighted by atomic mass is 9.88. The highest BCUT2D eigenvalue weighted by molar-refractivity contribution is 6.09. The summed E-state index contributed by atoms with van der Waals surface area (Å²) in [7, 11) is 0. The Morgan fingerprint density at radius 1 is 0.903 bits per heavy atom. The largest absolute Gasteiger partial charge is 0.451 e. The summed E-state index contributed by atoms with van der Waals surface area (Å²) in [5, 5.41) is 2.40. The molecule has 0 radical (unpaired) electrons. The fourth-order valence-corrected chi connectivity index (χ4v) is 4.40. The van der Waals surface area contributed by atoms with Gasteiger partial charge in [-0.15, -0.1) is 0 Å². The zero-order valence-corrected chi connectivity index (χ0v) is 16.9. The first-order valence-electron chi connectivity index (χ1n) is 10.5. The third-order valence-electron chi connectivity index (χ3n) is 5.98. The second-order valence-corrected chi connectivity index (χ2v) is 7.95. The minimum absolute atomic E-state index is 0.0157. The van der Waals surface area contributed by atoms with Crippen molar-refractivity contribution in [3.8, 4) is 0 Å². The van der Waals surface area contributed by atoms with Crippen molar-refractivity contribution in [3.05, 3.63) is 94.3 Å². The van der Waals surface area contributed by atoms with E-state index in [0.717, 1.165) is 23.6 Å². The van der Waals surface area contributed by atoms with Crippen LogP contribution in [0.1, 0.15) is 33.8 Å². The van der Waals surface area contributed by atoms with Gasteiger partial charge in [0.2, 0.25) is 0 Å². The summed E-state index contributed by atoms with van der Waals surface area (Å²) < 4.78 is 5.72. The second-order valence-electron chi connectivity index (χ2n) is 7.95. The number of carbonyl (C=O) groups excluding carboxylic acids is 2. The summed E-state index contributed by atoms with van der Waals surface area (Å²) in [4.78, 5) is 40.4. The fourth-order valence-electron chi connectivity index (χ4n) is 4.40. The number of benzene rings is 3. The van der Waals surface area contributed by atoms with E-state index in [-0.39, 0.29) is 28.8 Å². The number of piperidine rings is 1. The topological polar surface area (TPSA) is 67.6 Å². The van der Waals surface area contributed by atoms with Gasteiger partial charge in [0.25, 0.3) is 5.91 Å². The quantitative estimate of drug-likeness (QED) is 0.459. The van der Waals surface area contributed by atoms with Crippen LogP contribution in [0.25, 0.3) is 21.7 Å². The molecule has 4 aromatic rings. The molecule has 1 unspecified atom stereocenters. The van der Waals surface area contributed by atoms with Gasteiger partial charge in [-0.2, -0.15) is 0 Å². The van der Waals surface area contributed by atoms with E-state index in [4.69, 9.17) is 4.42 Å². The molecule has 1 aliphatic rings. The third kappa shape index (κ3) is 3.52. The Balaban J connectivity index is 1.42. The third-order valence-corrected chi connectivity index (χ3v) is 5.98. The van der Waals surface area contributed by atoms with Crippen molar-refractivity contribution >= 4 is 33.4 Å². The monoisotopic (exact) mass is 411 g/mol. The van der Waals surface area contributed by atoms with Crippen molar-refractivity contribution in [2.45, 2.75) is 12.8 Å². The first kappa shape index (κ1) is 19.2. The number of hydrogen-bond donors (Lipinski definition) is 0. The summed E-state index contributed by atoms with van der Waals surface area (Å²) in [6, 6.07) is 21.7. The maximum Gasteiger partial charge on any atom is 0.289 e. The molecule has 0 saturated carbocycles. The molecule has 2 heterocycles. The highest BCUT2D eigenvalue weighted by Crippen LogP contribution is 2.27. The molecule has 0 spiro atoms. The predicted octanol–water partition coefficient (Wildman–Crippen LogP) is 4.68. The van der Waals surface area contributed by atoms with Crippen LogP contribution in [0.4, 0.5) is 0 Å². The lowest BCUT2D eigenvalue weighted by Crippen LogP contribution is -2.42. The van der Waals surface area contributed by atoms with Gasteiger partial charge in [-0.1, -0.05) is 54.6 Å². The Morgan fingerprint density at radius 2 is 1.65 bits per heavy atom. The minimum Gasteiger partial charge on any atom is -0.451 e. The van der Waals surface area contributed by atoms with Crippen LogP contribution < -0.4 is 5.43 Å². The van der Waals surface area contributed by atoms with Crippen LogP contribution in [0, 0.1) is 5.92 Å². The van der Waals surface area contributed by atoms with E-state index in [1.165, 1.54) is 6.07 Å². The first-order chi connectivity index (χ1) is 15.1. The SMILES string of the molecule is O=C(c1cccc2ccccc12)C1CCCN(C(=O)c2cc(=O)c3ccccc3o2)C1. The predicted molar refractivity (Wildman–Crippen MR) is 119 cm³/mol. The smallest absolute Gasteiger partial charge is 0.289 e. The van der Waals surface area contributed by atoms with Crippen molar-refractivity contribution in [1.82, 2.24) is 4.90 Å². The van der Waals surface area contributed by atoms with Gasteiger partial charge < -0.3 is 9.32 Å². The van der Waals surface area contributed by atoms with Crippen LogP contribution in [0.3, 0.4) is 0 Å². The highest BCUT2D eigenvalue weighted by atomic mass is 16.3. The van der Waals surface area contributed by atoms with Crippen LogP contribution in [0.2, 0.25) is 0 Å². The van der Waals surface area contributed by atoms with Crippen molar-refractivity contribution in [3.63, 3.8) is 0 Å². The molecule has 1 fully saturated rings. The molecule has 154 valence electrons. The molecule has 1 amide bonds. The molecular formula is C26H21NO4. The zero-order valence-electron chi connectivity index (χ0n) is 16.9. The van der Waals surface area contributed by atoms with Gasteiger partial charge in [-0.05, 0) is 35.7 Å². The van der Waals surface area contributed by atoms with Crippen LogP contribution in [0.15, 0.2) is 82.0 Å². The summed E-state index contributed by atoms with van der Waals surface area (Å²) in [6.07, 6.45) is 1.46. The van der Waals surface area contributed by atoms with E-state index >= 15 is 0 Å². The number of carbonyl (C=O) groups is 2. The summed E-state index contributed by atoms with van der Waals surface area (Å²) >= 11 is 0. The number of ketones is 1. The molecular weight excluding hydrogens is 390 g/mol. The Hall–Kier alpha value is -3.73. The van der Waals surface area contributed by atoms with E-state index in [2.05, 4.69) is 0 Å². The van der Waals surface area contributed by atoms with Crippen LogP contribution >= 0.6 is 0 Å². The van der Waals surface area contributed by atoms with Gasteiger partial charge in [0.1, 0.15) is 5.58 Å². The van der Waals surface area contributed by atoms with Gasteiger partial charge >= 0.3 is 0 Å². The standard InChI is InChI=1S/C26H21NO4/c28-22-15-24(31-23-13-4-3-11-21(22)23)26(30)27-14-6-9-18(16-27)25(29)20-12-5-8-17-7-1-2-10-19(17)20/h1-5,7-8,10-13,15,18H,6,9,14,16H2. The van der Waals surface area contributed by atoms with Gasteiger partial charge in [0, 0.05) is 30.6 Å². The Bertz CT molecular complexity index is 1370. The summed E-state index contributed by atoms with van der Waals surface area (Å²) in [5.74, 6) is -0.565. The maximum absolute atomic E-state index is 13.3. The molecule has 31 heavy (non-hydrogen) atoms. The number of nitrogens with zero attached hydrogens (tertiary/aromatic N) is 1. The number of Topliss-reactive ketones (excluding diaryl/α,β-unsaturated/α-hetero) is 1. The van der Waals surface area contributed by atoms with Gasteiger partial charge in [0.05, 0.1) is 5.39 Å². The summed E-state index contributed by atoms with van der Waals surface area (Å²) in [5.41, 5.74) is 0.832. The first-order valence-corrected chi connectivity index (χ1v) is 10.5.